The summed E-state index contributed by atoms with van der Waals surface area (Å²) >= 11 is 0. The summed E-state index contributed by atoms with van der Waals surface area (Å²) in [6.45, 7) is 2.35. The molecule has 3 fully saturated rings. The highest BCUT2D eigenvalue weighted by Crippen LogP contribution is 2.46. The molecule has 148 valence electrons. The predicted octanol–water partition coefficient (Wildman–Crippen LogP) is 7.29. The molecule has 0 atom stereocenters. The van der Waals surface area contributed by atoms with Gasteiger partial charge in [-0.1, -0.05) is 44.6 Å². The second-order valence-corrected chi connectivity index (χ2v) is 9.66. The van der Waals surface area contributed by atoms with E-state index in [-0.39, 0.29) is 0 Å². The van der Waals surface area contributed by atoms with Crippen molar-refractivity contribution in [1.29, 1.82) is 5.26 Å². The van der Waals surface area contributed by atoms with Crippen LogP contribution in [0.2, 0.25) is 0 Å². The van der Waals surface area contributed by atoms with E-state index < -0.39 is 0 Å². The quantitative estimate of drug-likeness (QED) is 0.469. The van der Waals surface area contributed by atoms with Crippen molar-refractivity contribution in [1.82, 2.24) is 0 Å². The van der Waals surface area contributed by atoms with E-state index in [2.05, 4.69) is 24.8 Å². The molecule has 0 amide bonds. The van der Waals surface area contributed by atoms with Crippen molar-refractivity contribution < 1.29 is 0 Å². The van der Waals surface area contributed by atoms with Gasteiger partial charge in [0.1, 0.15) is 0 Å². The predicted molar refractivity (Wildman–Crippen MR) is 114 cm³/mol. The first kappa shape index (κ1) is 20.5. The maximum absolute atomic E-state index is 8.46. The molecule has 0 aromatic heterocycles. The zero-order valence-corrected chi connectivity index (χ0v) is 17.5. The maximum atomic E-state index is 8.46. The van der Waals surface area contributed by atoms with Crippen LogP contribution < -0.4 is 0 Å². The Bertz CT molecular complexity index is 547. The summed E-state index contributed by atoms with van der Waals surface area (Å²) in [6, 6.07) is 1.88. The highest BCUT2D eigenvalue weighted by atomic mass is 14.4. The van der Waals surface area contributed by atoms with Gasteiger partial charge in [-0.05, 0) is 106 Å². The third kappa shape index (κ3) is 6.14. The van der Waals surface area contributed by atoms with Crippen molar-refractivity contribution in [2.75, 3.05) is 0 Å². The molecule has 1 heteroatoms. The first-order valence-electron chi connectivity index (χ1n) is 11.9. The van der Waals surface area contributed by atoms with Crippen LogP contribution in [0, 0.1) is 58.7 Å². The van der Waals surface area contributed by atoms with Crippen molar-refractivity contribution in [3.8, 4) is 17.9 Å². The molecule has 0 unspecified atom stereocenters. The molecule has 3 aliphatic carbocycles. The lowest BCUT2D eigenvalue weighted by atomic mass is 9.65. The van der Waals surface area contributed by atoms with Gasteiger partial charge in [0.05, 0.1) is 0 Å². The average Bonchev–Trinajstić information content (AvgIpc) is 2.73. The second kappa shape index (κ2) is 11.0. The Kier molecular flexibility index (Phi) is 8.33. The molecule has 0 aliphatic heterocycles. The van der Waals surface area contributed by atoms with E-state index in [9.17, 15) is 0 Å². The molecule has 0 bridgehead atoms. The van der Waals surface area contributed by atoms with E-state index in [1.807, 2.05) is 12.1 Å². The Morgan fingerprint density at radius 1 is 0.741 bits per heavy atom. The third-order valence-electron chi connectivity index (χ3n) is 8.13. The molecule has 27 heavy (non-hydrogen) atoms. The lowest BCUT2D eigenvalue weighted by Gasteiger charge is -2.41. The van der Waals surface area contributed by atoms with E-state index in [1.54, 1.807) is 0 Å². The van der Waals surface area contributed by atoms with Crippen molar-refractivity contribution in [2.45, 2.75) is 96.8 Å². The number of hydrogen-bond donors (Lipinski definition) is 0. The Balaban J connectivity index is 1.35. The standard InChI is InChI=1S/C26H39N/c1-2-6-21-8-12-23(13-9-21)25-16-18-26(19-17-25)24-14-10-22(11-15-24)7-4-3-5-20-27/h4,7,21-26H,2,6,8-19H2,1H3. The summed E-state index contributed by atoms with van der Waals surface area (Å²) < 4.78 is 0. The van der Waals surface area contributed by atoms with E-state index in [0.29, 0.717) is 5.92 Å². The second-order valence-electron chi connectivity index (χ2n) is 9.66. The summed E-state index contributed by atoms with van der Waals surface area (Å²) in [4.78, 5) is 0. The minimum absolute atomic E-state index is 0.698. The van der Waals surface area contributed by atoms with Gasteiger partial charge in [-0.2, -0.15) is 5.26 Å². The number of rotatable bonds is 5. The van der Waals surface area contributed by atoms with Crippen LogP contribution in [0.1, 0.15) is 96.8 Å². The molecule has 1 nitrogen and oxygen atoms in total. The van der Waals surface area contributed by atoms with Crippen molar-refractivity contribution in [3.05, 3.63) is 12.2 Å². The summed E-state index contributed by atoms with van der Waals surface area (Å²) in [7, 11) is 0. The highest BCUT2D eigenvalue weighted by Gasteiger charge is 2.34. The molecule has 0 spiro atoms. The van der Waals surface area contributed by atoms with E-state index in [0.717, 1.165) is 29.6 Å². The van der Waals surface area contributed by atoms with Gasteiger partial charge in [0.15, 0.2) is 6.07 Å². The van der Waals surface area contributed by atoms with Crippen LogP contribution in [0.3, 0.4) is 0 Å². The lowest BCUT2D eigenvalue weighted by Crippen LogP contribution is -2.29. The molecule has 0 aromatic rings. The van der Waals surface area contributed by atoms with Crippen LogP contribution in [-0.4, -0.2) is 0 Å². The monoisotopic (exact) mass is 365 g/mol. The Hall–Kier alpha value is -1.21. The molecular formula is C26H39N. The minimum Gasteiger partial charge on any atom is -0.183 e. The summed E-state index contributed by atoms with van der Waals surface area (Å²) in [5.41, 5.74) is 0. The fraction of sp³-hybridized carbons (Fsp3) is 0.808. The third-order valence-corrected chi connectivity index (χ3v) is 8.13. The number of nitrogens with zero attached hydrogens (tertiary/aromatic N) is 1. The maximum Gasteiger partial charge on any atom is 0.152 e. The van der Waals surface area contributed by atoms with Crippen LogP contribution >= 0.6 is 0 Å². The van der Waals surface area contributed by atoms with Gasteiger partial charge in [-0.3, -0.25) is 0 Å². The zero-order valence-electron chi connectivity index (χ0n) is 17.5. The number of nitriles is 1. The van der Waals surface area contributed by atoms with Crippen molar-refractivity contribution in [3.63, 3.8) is 0 Å². The fourth-order valence-corrected chi connectivity index (χ4v) is 6.51. The van der Waals surface area contributed by atoms with Gasteiger partial charge < -0.3 is 0 Å². The molecule has 0 aromatic carbocycles. The van der Waals surface area contributed by atoms with Crippen LogP contribution in [0.4, 0.5) is 0 Å². The Morgan fingerprint density at radius 2 is 1.22 bits per heavy atom. The van der Waals surface area contributed by atoms with Crippen LogP contribution in [0.25, 0.3) is 0 Å². The molecule has 0 heterocycles. The van der Waals surface area contributed by atoms with Gasteiger partial charge in [0, 0.05) is 5.92 Å². The molecule has 3 aliphatic rings. The smallest absolute Gasteiger partial charge is 0.152 e. The van der Waals surface area contributed by atoms with Crippen LogP contribution in [-0.2, 0) is 0 Å². The first-order chi connectivity index (χ1) is 13.3. The highest BCUT2D eigenvalue weighted by molar-refractivity contribution is 5.25. The van der Waals surface area contributed by atoms with Gasteiger partial charge in [-0.25, -0.2) is 0 Å². The van der Waals surface area contributed by atoms with Crippen LogP contribution in [0.5, 0.6) is 0 Å². The molecule has 0 saturated heterocycles. The summed E-state index contributed by atoms with van der Waals surface area (Å²) in [5.74, 6) is 11.1. The van der Waals surface area contributed by atoms with E-state index in [1.165, 1.54) is 89.9 Å². The summed E-state index contributed by atoms with van der Waals surface area (Å²) in [6.07, 6.45) is 24.7. The van der Waals surface area contributed by atoms with E-state index in [4.69, 9.17) is 5.26 Å². The normalized spacial score (nSPS) is 37.3. The minimum atomic E-state index is 0.698. The average molecular weight is 366 g/mol. The molecule has 0 N–H and O–H groups in total. The van der Waals surface area contributed by atoms with Gasteiger partial charge >= 0.3 is 0 Å². The topological polar surface area (TPSA) is 23.8 Å². The molecule has 3 saturated carbocycles. The SMILES string of the molecule is CCCC1CCC(C2CCC(C3CCC(C=CC#CC#N)CC3)CC2)CC1. The zero-order chi connectivity index (χ0) is 18.9. The number of hydrogen-bond acceptors (Lipinski definition) is 1. The van der Waals surface area contributed by atoms with Crippen molar-refractivity contribution >= 4 is 0 Å². The van der Waals surface area contributed by atoms with Gasteiger partial charge in [0.25, 0.3) is 0 Å². The molecule has 3 rings (SSSR count). The van der Waals surface area contributed by atoms with Crippen LogP contribution in [0.15, 0.2) is 12.2 Å². The summed E-state index contributed by atoms with van der Waals surface area (Å²) in [5, 5.41) is 8.46. The molecule has 0 radical (unpaired) electrons. The Morgan fingerprint density at radius 3 is 1.70 bits per heavy atom. The van der Waals surface area contributed by atoms with Gasteiger partial charge in [-0.15, -0.1) is 0 Å². The first-order valence-corrected chi connectivity index (χ1v) is 11.9. The fourth-order valence-electron chi connectivity index (χ4n) is 6.51. The largest absolute Gasteiger partial charge is 0.183 e. The van der Waals surface area contributed by atoms with Crippen molar-refractivity contribution in [2.24, 2.45) is 35.5 Å². The van der Waals surface area contributed by atoms with E-state index >= 15 is 0 Å². The lowest BCUT2D eigenvalue weighted by molar-refractivity contribution is 0.107. The molecular weight excluding hydrogens is 326 g/mol. The number of allylic oxidation sites excluding steroid dienone is 2. The van der Waals surface area contributed by atoms with Gasteiger partial charge in [0.2, 0.25) is 0 Å². The Labute approximate surface area is 168 Å².